The molecule has 0 unspecified atom stereocenters. The summed E-state index contributed by atoms with van der Waals surface area (Å²) >= 11 is 0. The van der Waals surface area contributed by atoms with Crippen LogP contribution in [0.2, 0.25) is 0 Å². The summed E-state index contributed by atoms with van der Waals surface area (Å²) < 4.78 is 33.8. The highest BCUT2D eigenvalue weighted by Crippen LogP contribution is 2.28. The lowest BCUT2D eigenvalue weighted by Crippen LogP contribution is -2.53. The summed E-state index contributed by atoms with van der Waals surface area (Å²) in [5, 5.41) is 14.6. The number of hydrogen-bond acceptors (Lipinski definition) is 7. The number of nitrogens with one attached hydrogen (secondary N) is 1. The van der Waals surface area contributed by atoms with Gasteiger partial charge in [0.2, 0.25) is 11.8 Å². The SMILES string of the molecule is COc1ccc(CN(C(=O)CN(c2cccc([N+](=O)[O-])c2)S(=O)(=O)c2ccccc2)[C@@H](C)C(=O)NC2CCCCC2)cc1. The molecule has 0 bridgehead atoms. The summed E-state index contributed by atoms with van der Waals surface area (Å²) in [5.41, 5.74) is 0.336. The average Bonchev–Trinajstić information content (AvgIpc) is 3.03. The Morgan fingerprint density at radius 3 is 2.30 bits per heavy atom. The number of nitro groups is 1. The standard InChI is InChI=1S/C31H36N4O7S/c1-23(31(37)32-25-10-5-3-6-11-25)33(21-24-16-18-28(42-2)19-17-24)30(36)22-34(26-12-9-13-27(20-26)35(38)39)43(40,41)29-14-7-4-8-15-29/h4,7-9,12-20,23,25H,3,5-6,10-11,21-22H2,1-2H3,(H,32,37)/t23-/m0/s1. The molecule has 1 saturated carbocycles. The Morgan fingerprint density at radius 2 is 1.67 bits per heavy atom. The van der Waals surface area contributed by atoms with Crippen LogP contribution >= 0.6 is 0 Å². The number of rotatable bonds is 12. The normalized spacial score (nSPS) is 14.4. The number of anilines is 1. The van der Waals surface area contributed by atoms with E-state index in [1.807, 2.05) is 0 Å². The number of benzene rings is 3. The van der Waals surface area contributed by atoms with Crippen molar-refractivity contribution in [1.82, 2.24) is 10.2 Å². The van der Waals surface area contributed by atoms with Gasteiger partial charge < -0.3 is 15.0 Å². The highest BCUT2D eigenvalue weighted by Gasteiger charge is 2.33. The molecule has 0 aliphatic heterocycles. The second-order valence-electron chi connectivity index (χ2n) is 10.5. The molecule has 3 aromatic carbocycles. The van der Waals surface area contributed by atoms with Crippen LogP contribution in [0.4, 0.5) is 11.4 Å². The van der Waals surface area contributed by atoms with Gasteiger partial charge in [0.1, 0.15) is 18.3 Å². The Kier molecular flexibility index (Phi) is 10.4. The molecule has 0 saturated heterocycles. The van der Waals surface area contributed by atoms with E-state index in [0.29, 0.717) is 11.3 Å². The van der Waals surface area contributed by atoms with Crippen LogP contribution < -0.4 is 14.4 Å². The van der Waals surface area contributed by atoms with Crippen LogP contribution in [0.25, 0.3) is 0 Å². The molecule has 43 heavy (non-hydrogen) atoms. The van der Waals surface area contributed by atoms with Crippen molar-refractivity contribution in [2.75, 3.05) is 18.0 Å². The summed E-state index contributed by atoms with van der Waals surface area (Å²) in [4.78, 5) is 39.6. The molecule has 4 rings (SSSR count). The fourth-order valence-electron chi connectivity index (χ4n) is 5.09. The van der Waals surface area contributed by atoms with Gasteiger partial charge in [-0.15, -0.1) is 0 Å². The minimum absolute atomic E-state index is 0.0152. The summed E-state index contributed by atoms with van der Waals surface area (Å²) in [6.07, 6.45) is 4.88. The van der Waals surface area contributed by atoms with Gasteiger partial charge in [-0.1, -0.05) is 55.7 Å². The molecule has 12 heteroatoms. The molecule has 1 atom stereocenters. The number of methoxy groups -OCH3 is 1. The second kappa shape index (κ2) is 14.1. The molecule has 228 valence electrons. The van der Waals surface area contributed by atoms with Crippen LogP contribution in [0, 0.1) is 10.1 Å². The zero-order valence-electron chi connectivity index (χ0n) is 24.2. The number of sulfonamides is 1. The highest BCUT2D eigenvalue weighted by molar-refractivity contribution is 7.92. The molecular formula is C31H36N4O7S. The first-order chi connectivity index (χ1) is 20.6. The van der Waals surface area contributed by atoms with E-state index < -0.39 is 33.4 Å². The van der Waals surface area contributed by atoms with Gasteiger partial charge in [0, 0.05) is 24.7 Å². The topological polar surface area (TPSA) is 139 Å². The molecule has 1 aliphatic rings. The Bertz CT molecular complexity index is 1530. The lowest BCUT2D eigenvalue weighted by Gasteiger charge is -2.33. The molecule has 0 aromatic heterocycles. The van der Waals surface area contributed by atoms with Gasteiger partial charge in [-0.05, 0) is 55.7 Å². The van der Waals surface area contributed by atoms with E-state index in [1.54, 1.807) is 49.4 Å². The van der Waals surface area contributed by atoms with Crippen LogP contribution in [-0.4, -0.2) is 55.8 Å². The number of carbonyl (C=O) groups excluding carboxylic acids is 2. The number of carbonyl (C=O) groups is 2. The third kappa shape index (κ3) is 7.89. The van der Waals surface area contributed by atoms with E-state index in [-0.39, 0.29) is 34.8 Å². The Hall–Kier alpha value is -4.45. The molecule has 2 amide bonds. The molecule has 1 N–H and O–H groups in total. The van der Waals surface area contributed by atoms with Crippen molar-refractivity contribution in [3.63, 3.8) is 0 Å². The smallest absolute Gasteiger partial charge is 0.271 e. The van der Waals surface area contributed by atoms with E-state index in [9.17, 15) is 28.1 Å². The van der Waals surface area contributed by atoms with Gasteiger partial charge in [0.05, 0.1) is 22.6 Å². The van der Waals surface area contributed by atoms with Crippen molar-refractivity contribution in [2.24, 2.45) is 0 Å². The molecule has 11 nitrogen and oxygen atoms in total. The number of ether oxygens (including phenoxy) is 1. The van der Waals surface area contributed by atoms with Gasteiger partial charge >= 0.3 is 0 Å². The molecule has 1 fully saturated rings. The second-order valence-corrected chi connectivity index (χ2v) is 12.4. The van der Waals surface area contributed by atoms with Gasteiger partial charge in [0.25, 0.3) is 15.7 Å². The maximum absolute atomic E-state index is 14.1. The third-order valence-corrected chi connectivity index (χ3v) is 9.36. The summed E-state index contributed by atoms with van der Waals surface area (Å²) in [6.45, 7) is 0.953. The first-order valence-corrected chi connectivity index (χ1v) is 15.6. The van der Waals surface area contributed by atoms with E-state index in [2.05, 4.69) is 5.32 Å². The fourth-order valence-corrected chi connectivity index (χ4v) is 6.52. The third-order valence-electron chi connectivity index (χ3n) is 7.57. The molecule has 3 aromatic rings. The van der Waals surface area contributed by atoms with Crippen molar-refractivity contribution in [3.05, 3.63) is 94.5 Å². The first kappa shape index (κ1) is 31.5. The molecule has 0 spiro atoms. The zero-order chi connectivity index (χ0) is 31.0. The summed E-state index contributed by atoms with van der Waals surface area (Å²) in [7, 11) is -2.79. The maximum Gasteiger partial charge on any atom is 0.271 e. The zero-order valence-corrected chi connectivity index (χ0v) is 25.0. The quantitative estimate of drug-likeness (QED) is 0.233. The Balaban J connectivity index is 1.69. The molecule has 0 heterocycles. The van der Waals surface area contributed by atoms with Crippen molar-refractivity contribution in [1.29, 1.82) is 0 Å². The van der Waals surface area contributed by atoms with Crippen molar-refractivity contribution >= 4 is 33.2 Å². The van der Waals surface area contributed by atoms with Crippen molar-refractivity contribution in [3.8, 4) is 5.75 Å². The number of hydrogen-bond donors (Lipinski definition) is 1. The molecular weight excluding hydrogens is 572 g/mol. The lowest BCUT2D eigenvalue weighted by molar-refractivity contribution is -0.384. The van der Waals surface area contributed by atoms with Gasteiger partial charge in [-0.2, -0.15) is 0 Å². The van der Waals surface area contributed by atoms with E-state index in [1.165, 1.54) is 42.3 Å². The monoisotopic (exact) mass is 608 g/mol. The predicted octanol–water partition coefficient (Wildman–Crippen LogP) is 4.66. The van der Waals surface area contributed by atoms with Crippen LogP contribution in [0.3, 0.4) is 0 Å². The Morgan fingerprint density at radius 1 is 1.00 bits per heavy atom. The average molecular weight is 609 g/mol. The fraction of sp³-hybridized carbons (Fsp3) is 0.355. The number of nitrogens with zero attached hydrogens (tertiary/aromatic N) is 3. The number of non-ortho nitro benzene ring substituents is 1. The Labute approximate surface area is 251 Å². The predicted molar refractivity (Wildman–Crippen MR) is 162 cm³/mol. The van der Waals surface area contributed by atoms with Gasteiger partial charge in [-0.25, -0.2) is 8.42 Å². The minimum atomic E-state index is -4.33. The van der Waals surface area contributed by atoms with Crippen LogP contribution in [0.5, 0.6) is 5.75 Å². The van der Waals surface area contributed by atoms with Gasteiger partial charge in [0.15, 0.2) is 0 Å². The lowest BCUT2D eigenvalue weighted by atomic mass is 9.95. The minimum Gasteiger partial charge on any atom is -0.497 e. The highest BCUT2D eigenvalue weighted by atomic mass is 32.2. The maximum atomic E-state index is 14.1. The van der Waals surface area contributed by atoms with Crippen LogP contribution in [0.1, 0.15) is 44.6 Å². The van der Waals surface area contributed by atoms with E-state index >= 15 is 0 Å². The summed E-state index contributed by atoms with van der Waals surface area (Å²) in [5.74, 6) is -0.356. The largest absolute Gasteiger partial charge is 0.497 e. The van der Waals surface area contributed by atoms with E-state index in [0.717, 1.165) is 42.5 Å². The van der Waals surface area contributed by atoms with Crippen LogP contribution in [0.15, 0.2) is 83.8 Å². The molecule has 0 radical (unpaired) electrons. The van der Waals surface area contributed by atoms with E-state index in [4.69, 9.17) is 4.74 Å². The van der Waals surface area contributed by atoms with Gasteiger partial charge in [-0.3, -0.25) is 24.0 Å². The number of amides is 2. The number of nitro benzene ring substituents is 1. The first-order valence-electron chi connectivity index (χ1n) is 14.1. The summed E-state index contributed by atoms with van der Waals surface area (Å²) in [6, 6.07) is 18.7. The van der Waals surface area contributed by atoms with Crippen molar-refractivity contribution in [2.45, 2.75) is 62.6 Å². The van der Waals surface area contributed by atoms with Crippen molar-refractivity contribution < 1.29 is 27.7 Å². The van der Waals surface area contributed by atoms with Crippen LogP contribution in [-0.2, 0) is 26.2 Å². The molecule has 1 aliphatic carbocycles.